The molecule has 1 fully saturated rings. The van der Waals surface area contributed by atoms with Crippen LogP contribution in [0.4, 0.5) is 14.7 Å². The standard InChI is InChI=1S/C16H15F2N5O2/c17-12(18)14(25)23(19)13(24)10-8-20-15(21-9-10)22-16(6-7-16)11-4-2-1-3-5-11/h1-5,8-9,12H,6-7,19H2,(H,20,21,22). The Morgan fingerprint density at radius 2 is 1.76 bits per heavy atom. The van der Waals surface area contributed by atoms with Gasteiger partial charge in [0.2, 0.25) is 5.95 Å². The van der Waals surface area contributed by atoms with E-state index < -0.39 is 18.2 Å². The Morgan fingerprint density at radius 3 is 2.28 bits per heavy atom. The molecule has 7 nitrogen and oxygen atoms in total. The minimum Gasteiger partial charge on any atom is -0.345 e. The lowest BCUT2D eigenvalue weighted by Crippen LogP contribution is -2.45. The van der Waals surface area contributed by atoms with E-state index in [1.54, 1.807) is 0 Å². The van der Waals surface area contributed by atoms with Gasteiger partial charge in [0.05, 0.1) is 11.1 Å². The van der Waals surface area contributed by atoms with Crippen LogP contribution in [0.25, 0.3) is 0 Å². The fraction of sp³-hybridized carbons (Fsp3) is 0.250. The van der Waals surface area contributed by atoms with E-state index in [1.165, 1.54) is 0 Å². The molecule has 9 heteroatoms. The Balaban J connectivity index is 1.71. The van der Waals surface area contributed by atoms with E-state index in [9.17, 15) is 18.4 Å². The number of benzene rings is 1. The lowest BCUT2D eigenvalue weighted by Gasteiger charge is -2.18. The van der Waals surface area contributed by atoms with Crippen LogP contribution in [0.5, 0.6) is 0 Å². The van der Waals surface area contributed by atoms with Gasteiger partial charge in [-0.1, -0.05) is 30.3 Å². The molecule has 1 saturated carbocycles. The van der Waals surface area contributed by atoms with Crippen LogP contribution in [0.3, 0.4) is 0 Å². The van der Waals surface area contributed by atoms with Crippen molar-refractivity contribution in [3.63, 3.8) is 0 Å². The minimum atomic E-state index is -3.36. The van der Waals surface area contributed by atoms with Crippen LogP contribution < -0.4 is 11.2 Å². The van der Waals surface area contributed by atoms with Gasteiger partial charge < -0.3 is 5.32 Å². The van der Waals surface area contributed by atoms with Gasteiger partial charge in [-0.25, -0.2) is 20.8 Å². The number of imide groups is 1. The minimum absolute atomic E-state index is 0.136. The van der Waals surface area contributed by atoms with Gasteiger partial charge in [-0.3, -0.25) is 9.59 Å². The van der Waals surface area contributed by atoms with Crippen LogP contribution >= 0.6 is 0 Å². The Morgan fingerprint density at radius 1 is 1.16 bits per heavy atom. The molecule has 1 aliphatic rings. The summed E-state index contributed by atoms with van der Waals surface area (Å²) in [6.07, 6.45) is 0.742. The molecule has 1 aromatic carbocycles. The highest BCUT2D eigenvalue weighted by Gasteiger charge is 2.44. The number of hydrazine groups is 1. The predicted molar refractivity (Wildman–Crippen MR) is 84.4 cm³/mol. The second-order valence-electron chi connectivity index (χ2n) is 5.68. The molecule has 0 spiro atoms. The molecule has 1 aliphatic carbocycles. The number of nitrogens with zero attached hydrogens (tertiary/aromatic N) is 3. The fourth-order valence-corrected chi connectivity index (χ4v) is 2.43. The number of amides is 2. The maximum absolute atomic E-state index is 12.3. The molecule has 0 aliphatic heterocycles. The van der Waals surface area contributed by atoms with Gasteiger partial charge >= 0.3 is 12.3 Å². The molecule has 0 bridgehead atoms. The molecule has 3 rings (SSSR count). The van der Waals surface area contributed by atoms with E-state index in [0.717, 1.165) is 30.8 Å². The van der Waals surface area contributed by atoms with Gasteiger partial charge in [-0.2, -0.15) is 8.78 Å². The molecule has 2 aromatic rings. The molecule has 0 unspecified atom stereocenters. The highest BCUT2D eigenvalue weighted by atomic mass is 19.3. The van der Waals surface area contributed by atoms with Crippen LogP contribution in [0.2, 0.25) is 0 Å². The van der Waals surface area contributed by atoms with Crippen LogP contribution in [0.1, 0.15) is 28.8 Å². The monoisotopic (exact) mass is 347 g/mol. The maximum Gasteiger partial charge on any atom is 0.317 e. The number of aromatic nitrogens is 2. The first-order chi connectivity index (χ1) is 11.9. The first kappa shape index (κ1) is 16.9. The van der Waals surface area contributed by atoms with Crippen molar-refractivity contribution < 1.29 is 18.4 Å². The largest absolute Gasteiger partial charge is 0.345 e. The van der Waals surface area contributed by atoms with Crippen molar-refractivity contribution >= 4 is 17.8 Å². The molecular formula is C16H15F2N5O2. The van der Waals surface area contributed by atoms with Gasteiger partial charge in [0.1, 0.15) is 0 Å². The van der Waals surface area contributed by atoms with E-state index in [2.05, 4.69) is 15.3 Å². The van der Waals surface area contributed by atoms with Crippen molar-refractivity contribution in [3.8, 4) is 0 Å². The van der Waals surface area contributed by atoms with E-state index in [1.807, 2.05) is 30.3 Å². The number of alkyl halides is 2. The third-order valence-electron chi connectivity index (χ3n) is 3.97. The second-order valence-corrected chi connectivity index (χ2v) is 5.68. The maximum atomic E-state index is 12.3. The van der Waals surface area contributed by atoms with Crippen LogP contribution in [-0.4, -0.2) is 33.2 Å². The first-order valence-electron chi connectivity index (χ1n) is 7.50. The summed E-state index contributed by atoms with van der Waals surface area (Å²) in [6.45, 7) is 0. The summed E-state index contributed by atoms with van der Waals surface area (Å²) >= 11 is 0. The summed E-state index contributed by atoms with van der Waals surface area (Å²) in [4.78, 5) is 30.9. The summed E-state index contributed by atoms with van der Waals surface area (Å²) in [6, 6.07) is 9.81. The highest BCUT2D eigenvalue weighted by Crippen LogP contribution is 2.47. The van der Waals surface area contributed by atoms with E-state index in [-0.39, 0.29) is 16.1 Å². The van der Waals surface area contributed by atoms with Crippen molar-refractivity contribution in [1.29, 1.82) is 0 Å². The topological polar surface area (TPSA) is 101 Å². The Hall–Kier alpha value is -2.94. The summed E-state index contributed by atoms with van der Waals surface area (Å²) in [5.74, 6) is 2.52. The second kappa shape index (κ2) is 6.52. The molecule has 130 valence electrons. The molecule has 0 radical (unpaired) electrons. The SMILES string of the molecule is NN(C(=O)c1cnc(NC2(c3ccccc3)CC2)nc1)C(=O)C(F)F. The predicted octanol–water partition coefficient (Wildman–Crippen LogP) is 1.69. The van der Waals surface area contributed by atoms with Crippen molar-refractivity contribution in [3.05, 3.63) is 53.9 Å². The summed E-state index contributed by atoms with van der Waals surface area (Å²) in [7, 11) is 0. The summed E-state index contributed by atoms with van der Waals surface area (Å²) < 4.78 is 24.6. The number of anilines is 1. The van der Waals surface area contributed by atoms with Crippen molar-refractivity contribution in [1.82, 2.24) is 15.0 Å². The summed E-state index contributed by atoms with van der Waals surface area (Å²) in [5, 5.41) is 3.08. The summed E-state index contributed by atoms with van der Waals surface area (Å²) in [5.41, 5.74) is 0.708. The molecule has 1 heterocycles. The van der Waals surface area contributed by atoms with Crippen molar-refractivity contribution in [2.45, 2.75) is 24.8 Å². The smallest absolute Gasteiger partial charge is 0.317 e. The zero-order valence-electron chi connectivity index (χ0n) is 13.0. The van der Waals surface area contributed by atoms with Crippen molar-refractivity contribution in [2.24, 2.45) is 5.84 Å². The van der Waals surface area contributed by atoms with E-state index in [0.29, 0.717) is 5.95 Å². The Labute approximate surface area is 141 Å². The highest BCUT2D eigenvalue weighted by molar-refractivity contribution is 6.04. The number of hydrogen-bond acceptors (Lipinski definition) is 6. The number of carbonyl (C=O) groups excluding carboxylic acids is 2. The third kappa shape index (κ3) is 3.45. The van der Waals surface area contributed by atoms with Gasteiger partial charge in [0.15, 0.2) is 0 Å². The van der Waals surface area contributed by atoms with E-state index >= 15 is 0 Å². The molecule has 0 atom stereocenters. The van der Waals surface area contributed by atoms with E-state index in [4.69, 9.17) is 5.84 Å². The number of nitrogens with two attached hydrogens (primary N) is 1. The lowest BCUT2D eigenvalue weighted by atomic mass is 10.1. The molecule has 0 saturated heterocycles. The average molecular weight is 347 g/mol. The average Bonchev–Trinajstić information content (AvgIpc) is 3.42. The number of nitrogens with one attached hydrogen (secondary N) is 1. The zero-order valence-corrected chi connectivity index (χ0v) is 13.0. The van der Waals surface area contributed by atoms with Gasteiger partial charge in [0.25, 0.3) is 5.91 Å². The zero-order chi connectivity index (χ0) is 18.0. The third-order valence-corrected chi connectivity index (χ3v) is 3.97. The van der Waals surface area contributed by atoms with Gasteiger partial charge in [-0.05, 0) is 18.4 Å². The number of rotatable bonds is 5. The first-order valence-corrected chi connectivity index (χ1v) is 7.50. The quantitative estimate of drug-likeness (QED) is 0.485. The van der Waals surface area contributed by atoms with Crippen LogP contribution in [0.15, 0.2) is 42.7 Å². The molecule has 25 heavy (non-hydrogen) atoms. The molecule has 1 aromatic heterocycles. The molecule has 2 amide bonds. The van der Waals surface area contributed by atoms with Gasteiger partial charge in [0, 0.05) is 12.4 Å². The molecule has 3 N–H and O–H groups in total. The lowest BCUT2D eigenvalue weighted by molar-refractivity contribution is -0.140. The number of carbonyl (C=O) groups is 2. The van der Waals surface area contributed by atoms with Crippen LogP contribution in [-0.2, 0) is 10.3 Å². The Bertz CT molecular complexity index is 779. The van der Waals surface area contributed by atoms with Crippen molar-refractivity contribution in [2.75, 3.05) is 5.32 Å². The number of hydrogen-bond donors (Lipinski definition) is 2. The molecular weight excluding hydrogens is 332 g/mol. The van der Waals surface area contributed by atoms with Gasteiger partial charge in [-0.15, -0.1) is 0 Å². The fourth-order valence-electron chi connectivity index (χ4n) is 2.43. The normalized spacial score (nSPS) is 14.9. The number of halogens is 2. The Kier molecular flexibility index (Phi) is 4.41. The van der Waals surface area contributed by atoms with Crippen LogP contribution in [0, 0.1) is 0 Å².